The Morgan fingerprint density at radius 3 is 2.44 bits per heavy atom. The predicted molar refractivity (Wildman–Crippen MR) is 33.3 cm³/mol. The number of hydrogen-bond acceptors (Lipinski definition) is 3. The molecule has 0 aromatic carbocycles. The minimum atomic E-state index is 0.250. The Balaban J connectivity index is 0.000000187. The molecule has 5 N–H and O–H groups in total. The van der Waals surface area contributed by atoms with Gasteiger partial charge < -0.3 is 16.5 Å². The first-order chi connectivity index (χ1) is 4.31. The topological polar surface area (TPSA) is 97.8 Å². The maximum Gasteiger partial charge on any atom is 0.204 e. The molecule has 0 aliphatic heterocycles. The van der Waals surface area contributed by atoms with Crippen LogP contribution in [-0.2, 0) is 4.79 Å². The number of nitrogen functional groups attached to an aromatic ring is 1. The van der Waals surface area contributed by atoms with E-state index in [1.165, 1.54) is 0 Å². The van der Waals surface area contributed by atoms with Crippen LogP contribution in [0.25, 0.3) is 0 Å². The quantitative estimate of drug-likeness (QED) is 0.394. The zero-order valence-corrected chi connectivity index (χ0v) is 4.74. The number of nitrogens with zero attached hydrogens (tertiary/aromatic N) is 1. The second kappa shape index (κ2) is 4.63. The summed E-state index contributed by atoms with van der Waals surface area (Å²) >= 11 is 0. The number of nitrogens with one attached hydrogen (secondary N) is 1. The Morgan fingerprint density at radius 2 is 2.33 bits per heavy atom. The molecule has 1 heterocycles. The maximum absolute atomic E-state index is 8.58. The van der Waals surface area contributed by atoms with Gasteiger partial charge in [-0.3, -0.25) is 4.79 Å². The van der Waals surface area contributed by atoms with Crippen LogP contribution in [0.1, 0.15) is 0 Å². The number of nitrogens with two attached hydrogens (primary N) is 2. The molecule has 1 amide bonds. The molecule has 0 aliphatic rings. The minimum Gasteiger partial charge on any atom is -0.372 e. The summed E-state index contributed by atoms with van der Waals surface area (Å²) in [7, 11) is 0. The Kier molecular flexibility index (Phi) is 3.85. The highest BCUT2D eigenvalue weighted by atomic mass is 16.1. The van der Waals surface area contributed by atoms with E-state index in [2.05, 4.69) is 15.7 Å². The van der Waals surface area contributed by atoms with Gasteiger partial charge in [0.2, 0.25) is 6.41 Å². The van der Waals surface area contributed by atoms with Crippen LogP contribution in [0, 0.1) is 0 Å². The van der Waals surface area contributed by atoms with E-state index < -0.39 is 0 Å². The zero-order chi connectivity index (χ0) is 7.11. The van der Waals surface area contributed by atoms with Gasteiger partial charge in [-0.1, -0.05) is 0 Å². The lowest BCUT2D eigenvalue weighted by molar-refractivity contribution is -0.106. The van der Waals surface area contributed by atoms with Crippen molar-refractivity contribution in [1.29, 1.82) is 0 Å². The van der Waals surface area contributed by atoms with Crippen molar-refractivity contribution in [2.24, 2.45) is 5.73 Å². The molecule has 5 heteroatoms. The molecule has 0 bridgehead atoms. The fourth-order valence-electron chi connectivity index (χ4n) is 0.277. The van der Waals surface area contributed by atoms with Crippen LogP contribution in [0.3, 0.4) is 0 Å². The van der Waals surface area contributed by atoms with Crippen molar-refractivity contribution in [2.75, 3.05) is 5.73 Å². The summed E-state index contributed by atoms with van der Waals surface area (Å²) < 4.78 is 0. The highest BCUT2D eigenvalue weighted by molar-refractivity contribution is 5.42. The summed E-state index contributed by atoms with van der Waals surface area (Å²) in [6.45, 7) is 0. The number of hydrogen-bond donors (Lipinski definition) is 3. The van der Waals surface area contributed by atoms with Crippen molar-refractivity contribution in [3.63, 3.8) is 0 Å². The smallest absolute Gasteiger partial charge is 0.204 e. The van der Waals surface area contributed by atoms with Crippen LogP contribution in [0.15, 0.2) is 12.4 Å². The summed E-state index contributed by atoms with van der Waals surface area (Å²) in [6.07, 6.45) is 3.53. The third kappa shape index (κ3) is 4.33. The fourth-order valence-corrected chi connectivity index (χ4v) is 0.277. The summed E-state index contributed by atoms with van der Waals surface area (Å²) in [6, 6.07) is 0. The number of anilines is 1. The van der Waals surface area contributed by atoms with Gasteiger partial charge in [-0.25, -0.2) is 4.98 Å². The lowest BCUT2D eigenvalue weighted by Gasteiger charge is -1.70. The van der Waals surface area contributed by atoms with E-state index in [0.29, 0.717) is 5.95 Å². The predicted octanol–water partition coefficient (Wildman–Crippen LogP) is -0.907. The summed E-state index contributed by atoms with van der Waals surface area (Å²) in [5, 5.41) is 0. The standard InChI is InChI=1S/C3H5N3.CH3NO/c4-3-5-1-2-6-3;2-1-3/h1-2H,(H3,4,5,6);1H,(H2,2,3). The van der Waals surface area contributed by atoms with Gasteiger partial charge in [-0.15, -0.1) is 0 Å². The largest absolute Gasteiger partial charge is 0.372 e. The van der Waals surface area contributed by atoms with Crippen molar-refractivity contribution < 1.29 is 4.79 Å². The average Bonchev–Trinajstić information content (AvgIpc) is 2.20. The van der Waals surface area contributed by atoms with E-state index >= 15 is 0 Å². The zero-order valence-electron chi connectivity index (χ0n) is 4.74. The lowest BCUT2D eigenvalue weighted by atomic mass is 11.0. The molecule has 0 unspecified atom stereocenters. The van der Waals surface area contributed by atoms with Crippen LogP contribution in [0.5, 0.6) is 0 Å². The summed E-state index contributed by atoms with van der Waals surface area (Å²) in [5.41, 5.74) is 9.28. The molecule has 0 saturated heterocycles. The Hall–Kier alpha value is -1.52. The van der Waals surface area contributed by atoms with Crippen molar-refractivity contribution in [2.45, 2.75) is 0 Å². The number of aromatic nitrogens is 2. The molecule has 0 atom stereocenters. The number of carbonyl (C=O) groups is 1. The van der Waals surface area contributed by atoms with Crippen molar-refractivity contribution >= 4 is 12.4 Å². The van der Waals surface area contributed by atoms with Gasteiger partial charge in [0, 0.05) is 12.4 Å². The van der Waals surface area contributed by atoms with E-state index in [4.69, 9.17) is 10.5 Å². The molecule has 0 saturated carbocycles. The molecule has 0 spiro atoms. The number of aromatic amines is 1. The molecule has 5 nitrogen and oxygen atoms in total. The maximum atomic E-state index is 8.58. The lowest BCUT2D eigenvalue weighted by Crippen LogP contribution is -1.83. The first kappa shape index (κ1) is 7.48. The second-order valence-corrected chi connectivity index (χ2v) is 1.11. The third-order valence-electron chi connectivity index (χ3n) is 0.519. The van der Waals surface area contributed by atoms with Gasteiger partial charge in [-0.2, -0.15) is 0 Å². The number of rotatable bonds is 0. The number of imidazole rings is 1. The van der Waals surface area contributed by atoms with E-state index in [9.17, 15) is 0 Å². The van der Waals surface area contributed by atoms with E-state index in [0.717, 1.165) is 0 Å². The molecule has 1 aromatic heterocycles. The molecular formula is C4H8N4O. The minimum absolute atomic E-state index is 0.250. The van der Waals surface area contributed by atoms with Crippen LogP contribution in [0.2, 0.25) is 0 Å². The van der Waals surface area contributed by atoms with E-state index in [1.54, 1.807) is 12.4 Å². The van der Waals surface area contributed by atoms with Crippen LogP contribution in [-0.4, -0.2) is 16.4 Å². The highest BCUT2D eigenvalue weighted by Gasteiger charge is 1.74. The van der Waals surface area contributed by atoms with E-state index in [-0.39, 0.29) is 6.41 Å². The number of H-pyrrole nitrogens is 1. The highest BCUT2D eigenvalue weighted by Crippen LogP contribution is 1.81. The third-order valence-corrected chi connectivity index (χ3v) is 0.519. The molecule has 1 rings (SSSR count). The second-order valence-electron chi connectivity index (χ2n) is 1.11. The van der Waals surface area contributed by atoms with Crippen molar-refractivity contribution in [1.82, 2.24) is 9.97 Å². The number of primary amides is 1. The first-order valence-electron chi connectivity index (χ1n) is 2.21. The number of carbonyl (C=O) groups excluding carboxylic acids is 1. The average molecular weight is 128 g/mol. The molecule has 9 heavy (non-hydrogen) atoms. The molecule has 1 aromatic rings. The molecule has 0 aliphatic carbocycles. The van der Waals surface area contributed by atoms with Crippen LogP contribution >= 0.6 is 0 Å². The van der Waals surface area contributed by atoms with Crippen LogP contribution < -0.4 is 11.5 Å². The molecule has 0 radical (unpaired) electrons. The Morgan fingerprint density at radius 1 is 1.78 bits per heavy atom. The Bertz CT molecular complexity index is 148. The normalized spacial score (nSPS) is 7.11. The molecule has 50 valence electrons. The monoisotopic (exact) mass is 128 g/mol. The first-order valence-corrected chi connectivity index (χ1v) is 2.21. The van der Waals surface area contributed by atoms with Gasteiger partial charge in [-0.05, 0) is 0 Å². The molecular weight excluding hydrogens is 120 g/mol. The van der Waals surface area contributed by atoms with Crippen molar-refractivity contribution in [3.05, 3.63) is 12.4 Å². The van der Waals surface area contributed by atoms with Gasteiger partial charge in [0.25, 0.3) is 0 Å². The summed E-state index contributed by atoms with van der Waals surface area (Å²) in [5.74, 6) is 0.468. The Labute approximate surface area is 52.1 Å². The van der Waals surface area contributed by atoms with Crippen LogP contribution in [0.4, 0.5) is 5.95 Å². The SMILES string of the molecule is NC=O.Nc1ncc[nH]1. The number of amides is 1. The van der Waals surface area contributed by atoms with Gasteiger partial charge in [0.15, 0.2) is 5.95 Å². The van der Waals surface area contributed by atoms with E-state index in [1.807, 2.05) is 0 Å². The fraction of sp³-hybridized carbons (Fsp3) is 0. The van der Waals surface area contributed by atoms with Gasteiger partial charge >= 0.3 is 0 Å². The molecule has 0 fully saturated rings. The summed E-state index contributed by atoms with van der Waals surface area (Å²) in [4.78, 5) is 14.9. The van der Waals surface area contributed by atoms with Gasteiger partial charge in [0.1, 0.15) is 0 Å². The van der Waals surface area contributed by atoms with Crippen molar-refractivity contribution in [3.8, 4) is 0 Å². The van der Waals surface area contributed by atoms with Gasteiger partial charge in [0.05, 0.1) is 0 Å².